The van der Waals surface area contributed by atoms with E-state index in [2.05, 4.69) is 15.4 Å². The summed E-state index contributed by atoms with van der Waals surface area (Å²) in [6.45, 7) is 1.57. The monoisotopic (exact) mass is 370 g/mol. The maximum absolute atomic E-state index is 12.5. The van der Waals surface area contributed by atoms with E-state index in [-0.39, 0.29) is 16.7 Å². The summed E-state index contributed by atoms with van der Waals surface area (Å²) in [6.07, 6.45) is 1.81. The molecule has 0 spiro atoms. The first kappa shape index (κ1) is 16.8. The minimum absolute atomic E-state index is 0.0260. The summed E-state index contributed by atoms with van der Waals surface area (Å²) in [5.74, 6) is -2.28. The molecule has 1 aromatic heterocycles. The van der Waals surface area contributed by atoms with Gasteiger partial charge in [0.05, 0.1) is 28.9 Å². The highest BCUT2D eigenvalue weighted by atomic mass is 35.5. The summed E-state index contributed by atoms with van der Waals surface area (Å²) in [5, 5.41) is 7.92. The highest BCUT2D eigenvalue weighted by Gasteiger charge is 2.44. The van der Waals surface area contributed by atoms with Gasteiger partial charge in [0.15, 0.2) is 20.9 Å². The van der Waals surface area contributed by atoms with Crippen LogP contribution >= 0.6 is 11.6 Å². The molecule has 0 saturated carbocycles. The van der Waals surface area contributed by atoms with Crippen LogP contribution in [0.4, 0.5) is 5.69 Å². The van der Waals surface area contributed by atoms with Crippen LogP contribution in [0.2, 0.25) is 5.15 Å². The van der Waals surface area contributed by atoms with Crippen LogP contribution in [0, 0.1) is 5.92 Å². The molecule has 1 fully saturated rings. The molecule has 2 aliphatic heterocycles. The van der Waals surface area contributed by atoms with E-state index in [0.717, 1.165) is 5.01 Å². The van der Waals surface area contributed by atoms with Gasteiger partial charge in [0.25, 0.3) is 5.91 Å². The van der Waals surface area contributed by atoms with Crippen LogP contribution in [0.3, 0.4) is 0 Å². The van der Waals surface area contributed by atoms with Crippen LogP contribution in [-0.2, 0) is 19.4 Å². The van der Waals surface area contributed by atoms with Crippen molar-refractivity contribution >= 4 is 44.7 Å². The summed E-state index contributed by atoms with van der Waals surface area (Å²) in [4.78, 5) is 28.8. The Morgan fingerprint density at radius 1 is 1.46 bits per heavy atom. The standard InChI is InChI=1S/C14H15ClN4O4S/c1-8-11(13(20)17-10-3-2-5-16-12(10)15)14(21)19(18-8)9-4-6-24(22,23)7-9/h2-3,5,9,11H,4,6-7H2,1H3,(H,17,20)/t9-,11-/m0/s1. The van der Waals surface area contributed by atoms with E-state index in [9.17, 15) is 18.0 Å². The van der Waals surface area contributed by atoms with Crippen molar-refractivity contribution < 1.29 is 18.0 Å². The Morgan fingerprint density at radius 2 is 2.21 bits per heavy atom. The molecule has 10 heteroatoms. The van der Waals surface area contributed by atoms with Gasteiger partial charge >= 0.3 is 0 Å². The smallest absolute Gasteiger partial charge is 0.261 e. The molecule has 2 amide bonds. The number of carbonyl (C=O) groups is 2. The molecule has 1 N–H and O–H groups in total. The van der Waals surface area contributed by atoms with Crippen LogP contribution in [0.5, 0.6) is 0 Å². The fourth-order valence-electron chi connectivity index (χ4n) is 2.80. The van der Waals surface area contributed by atoms with E-state index in [1.54, 1.807) is 19.1 Å². The second-order valence-electron chi connectivity index (χ2n) is 5.75. The van der Waals surface area contributed by atoms with Crippen molar-refractivity contribution in [1.29, 1.82) is 0 Å². The third kappa shape index (κ3) is 3.13. The van der Waals surface area contributed by atoms with Crippen LogP contribution < -0.4 is 5.32 Å². The summed E-state index contributed by atoms with van der Waals surface area (Å²) in [5.41, 5.74) is 0.619. The van der Waals surface area contributed by atoms with Gasteiger partial charge in [0.2, 0.25) is 5.91 Å². The number of pyridine rings is 1. The lowest BCUT2D eigenvalue weighted by Crippen LogP contribution is -2.40. The number of hydrogen-bond acceptors (Lipinski definition) is 6. The highest BCUT2D eigenvalue weighted by molar-refractivity contribution is 7.91. The first-order chi connectivity index (χ1) is 11.3. The van der Waals surface area contributed by atoms with E-state index in [1.165, 1.54) is 6.20 Å². The van der Waals surface area contributed by atoms with E-state index < -0.39 is 33.6 Å². The molecular weight excluding hydrogens is 356 g/mol. The number of aromatic nitrogens is 1. The van der Waals surface area contributed by atoms with Crippen molar-refractivity contribution in [3.63, 3.8) is 0 Å². The van der Waals surface area contributed by atoms with Crippen LogP contribution in [0.25, 0.3) is 0 Å². The van der Waals surface area contributed by atoms with Gasteiger partial charge in [-0.05, 0) is 25.5 Å². The Morgan fingerprint density at radius 3 is 2.83 bits per heavy atom. The number of sulfone groups is 1. The quantitative estimate of drug-likeness (QED) is 0.622. The molecule has 0 radical (unpaired) electrons. The van der Waals surface area contributed by atoms with Crippen molar-refractivity contribution in [1.82, 2.24) is 9.99 Å². The average molecular weight is 371 g/mol. The fourth-order valence-corrected chi connectivity index (χ4v) is 4.66. The van der Waals surface area contributed by atoms with Crippen molar-refractivity contribution in [2.45, 2.75) is 19.4 Å². The lowest BCUT2D eigenvalue weighted by molar-refractivity contribution is -0.137. The normalized spacial score (nSPS) is 25.7. The number of rotatable bonds is 3. The number of nitrogens with zero attached hydrogens (tertiary/aromatic N) is 3. The van der Waals surface area contributed by atoms with Crippen molar-refractivity contribution in [2.75, 3.05) is 16.8 Å². The summed E-state index contributed by atoms with van der Waals surface area (Å²) in [6, 6.07) is 2.66. The van der Waals surface area contributed by atoms with E-state index in [1.807, 2.05) is 0 Å². The lowest BCUT2D eigenvalue weighted by Gasteiger charge is -2.19. The molecule has 3 heterocycles. The lowest BCUT2D eigenvalue weighted by atomic mass is 10.0. The molecule has 0 aromatic carbocycles. The minimum Gasteiger partial charge on any atom is -0.322 e. The van der Waals surface area contributed by atoms with Gasteiger partial charge < -0.3 is 5.32 Å². The average Bonchev–Trinajstić information content (AvgIpc) is 3.00. The number of nitrogens with one attached hydrogen (secondary N) is 1. The maximum atomic E-state index is 12.5. The van der Waals surface area contributed by atoms with Gasteiger partial charge in [-0.15, -0.1) is 0 Å². The number of amides is 2. The fraction of sp³-hybridized carbons (Fsp3) is 0.429. The van der Waals surface area contributed by atoms with Gasteiger partial charge in [-0.25, -0.2) is 18.4 Å². The predicted octanol–water partition coefficient (Wildman–Crippen LogP) is 0.695. The Hall–Kier alpha value is -2.00. The molecule has 8 nitrogen and oxygen atoms in total. The maximum Gasteiger partial charge on any atom is 0.261 e. The first-order valence-corrected chi connectivity index (χ1v) is 9.48. The third-order valence-electron chi connectivity index (χ3n) is 3.99. The number of hydrazone groups is 1. The Bertz CT molecular complexity index is 839. The zero-order chi connectivity index (χ0) is 17.5. The number of carbonyl (C=O) groups excluding carboxylic acids is 2. The molecule has 2 atom stereocenters. The van der Waals surface area contributed by atoms with E-state index >= 15 is 0 Å². The largest absolute Gasteiger partial charge is 0.322 e. The van der Waals surface area contributed by atoms with Gasteiger partial charge in [0.1, 0.15) is 0 Å². The zero-order valence-corrected chi connectivity index (χ0v) is 14.3. The van der Waals surface area contributed by atoms with Gasteiger partial charge in [-0.3, -0.25) is 9.59 Å². The molecule has 0 aliphatic carbocycles. The molecule has 24 heavy (non-hydrogen) atoms. The van der Waals surface area contributed by atoms with Gasteiger partial charge in [-0.1, -0.05) is 11.6 Å². The topological polar surface area (TPSA) is 109 Å². The Labute approximate surface area is 143 Å². The van der Waals surface area contributed by atoms with Crippen molar-refractivity contribution in [3.8, 4) is 0 Å². The second kappa shape index (κ2) is 6.14. The zero-order valence-electron chi connectivity index (χ0n) is 12.8. The Kier molecular flexibility index (Phi) is 4.31. The molecule has 3 rings (SSSR count). The van der Waals surface area contributed by atoms with E-state index in [4.69, 9.17) is 11.6 Å². The molecule has 0 unspecified atom stereocenters. The van der Waals surface area contributed by atoms with Crippen molar-refractivity contribution in [2.24, 2.45) is 11.0 Å². The van der Waals surface area contributed by atoms with Crippen molar-refractivity contribution in [3.05, 3.63) is 23.5 Å². The van der Waals surface area contributed by atoms with Crippen LogP contribution in [-0.4, -0.2) is 53.5 Å². The second-order valence-corrected chi connectivity index (χ2v) is 8.33. The summed E-state index contributed by atoms with van der Waals surface area (Å²) < 4.78 is 23.2. The van der Waals surface area contributed by atoms with E-state index in [0.29, 0.717) is 17.8 Å². The van der Waals surface area contributed by atoms with Crippen LogP contribution in [0.1, 0.15) is 13.3 Å². The number of halogens is 1. The summed E-state index contributed by atoms with van der Waals surface area (Å²) >= 11 is 5.89. The van der Waals surface area contributed by atoms with Crippen LogP contribution in [0.15, 0.2) is 23.4 Å². The number of hydrogen-bond donors (Lipinski definition) is 1. The molecular formula is C14H15ClN4O4S. The molecule has 128 valence electrons. The van der Waals surface area contributed by atoms with Gasteiger partial charge in [0, 0.05) is 6.20 Å². The third-order valence-corrected chi connectivity index (χ3v) is 6.04. The first-order valence-electron chi connectivity index (χ1n) is 7.28. The molecule has 1 saturated heterocycles. The SMILES string of the molecule is CC1=NN([C@H]2CCS(=O)(=O)C2)C(=O)[C@@H]1C(=O)Nc1cccnc1Cl. The Balaban J connectivity index is 1.76. The molecule has 1 aromatic rings. The molecule has 2 aliphatic rings. The number of anilines is 1. The van der Waals surface area contributed by atoms with Gasteiger partial charge in [-0.2, -0.15) is 5.10 Å². The highest BCUT2D eigenvalue weighted by Crippen LogP contribution is 2.26. The predicted molar refractivity (Wildman–Crippen MR) is 88.4 cm³/mol. The molecule has 0 bridgehead atoms. The minimum atomic E-state index is -3.16. The summed E-state index contributed by atoms with van der Waals surface area (Å²) in [7, 11) is -3.16.